The number of aliphatic hydroxyl groups is 1. The number of carbonyl (C=O) groups is 2. The highest BCUT2D eigenvalue weighted by Gasteiger charge is 2.46. The Bertz CT molecular complexity index is 1030. The first-order valence-electron chi connectivity index (χ1n) is 11.1. The normalized spacial score (nSPS) is 17.6. The number of benzene rings is 2. The molecule has 2 aromatic carbocycles. The van der Waals surface area contributed by atoms with E-state index >= 15 is 0 Å². The van der Waals surface area contributed by atoms with Crippen LogP contribution < -0.4 is 9.47 Å². The number of nitrogens with zero attached hydrogens (tertiary/aromatic N) is 1. The highest BCUT2D eigenvalue weighted by Crippen LogP contribution is 2.41. The molecule has 0 saturated carbocycles. The molecule has 1 amide bonds. The molecule has 6 heteroatoms. The molecule has 1 fully saturated rings. The fourth-order valence-corrected chi connectivity index (χ4v) is 3.95. The first kappa shape index (κ1) is 23.4. The lowest BCUT2D eigenvalue weighted by Crippen LogP contribution is -2.30. The van der Waals surface area contributed by atoms with Crippen LogP contribution >= 0.6 is 0 Å². The van der Waals surface area contributed by atoms with Crippen LogP contribution in [0.2, 0.25) is 0 Å². The molecule has 0 radical (unpaired) electrons. The number of aliphatic hydroxyl groups excluding tert-OH is 1. The molecule has 1 unspecified atom stereocenters. The van der Waals surface area contributed by atoms with Crippen LogP contribution in [0.3, 0.4) is 0 Å². The number of hydrogen-bond donors (Lipinski definition) is 1. The van der Waals surface area contributed by atoms with E-state index in [0.29, 0.717) is 30.2 Å². The lowest BCUT2D eigenvalue weighted by atomic mass is 9.93. The predicted molar refractivity (Wildman–Crippen MR) is 124 cm³/mol. The SMILES string of the molecule is CCCCN1C(=O)C(=O)/C(=C(/O)c2ccc(OC)cc2C)C1c1cccc(OCCC)c1. The zero-order chi connectivity index (χ0) is 23.3. The van der Waals surface area contributed by atoms with Crippen molar-refractivity contribution in [3.63, 3.8) is 0 Å². The molecule has 1 atom stereocenters. The van der Waals surface area contributed by atoms with Gasteiger partial charge in [0.05, 0.1) is 25.3 Å². The monoisotopic (exact) mass is 437 g/mol. The van der Waals surface area contributed by atoms with Gasteiger partial charge in [0.2, 0.25) is 0 Å². The van der Waals surface area contributed by atoms with Crippen molar-refractivity contribution < 1.29 is 24.2 Å². The van der Waals surface area contributed by atoms with Gasteiger partial charge in [0, 0.05) is 12.1 Å². The Hall–Kier alpha value is -3.28. The van der Waals surface area contributed by atoms with E-state index in [1.807, 2.05) is 45.0 Å². The van der Waals surface area contributed by atoms with E-state index < -0.39 is 17.7 Å². The Morgan fingerprint density at radius 1 is 1.06 bits per heavy atom. The van der Waals surface area contributed by atoms with Gasteiger partial charge in [-0.1, -0.05) is 32.4 Å². The van der Waals surface area contributed by atoms with Crippen LogP contribution in [0.4, 0.5) is 0 Å². The Morgan fingerprint density at radius 2 is 1.84 bits per heavy atom. The average molecular weight is 438 g/mol. The van der Waals surface area contributed by atoms with E-state index in [4.69, 9.17) is 9.47 Å². The number of Topliss-reactive ketones (excluding diaryl/α,β-unsaturated/α-hetero) is 1. The standard InChI is InChI=1S/C26H31NO5/c1-5-7-13-27-23(18-9-8-10-20(16-18)32-14-6-2)22(25(29)26(27)30)24(28)21-12-11-19(31-4)15-17(21)3/h8-12,15-16,23,28H,5-7,13-14H2,1-4H3/b24-22+. The zero-order valence-corrected chi connectivity index (χ0v) is 19.2. The Labute approximate surface area is 189 Å². The van der Waals surface area contributed by atoms with Crippen LogP contribution in [0.5, 0.6) is 11.5 Å². The molecule has 0 aliphatic carbocycles. The third kappa shape index (κ3) is 4.64. The lowest BCUT2D eigenvalue weighted by molar-refractivity contribution is -0.139. The van der Waals surface area contributed by atoms with Gasteiger partial charge >= 0.3 is 0 Å². The third-order valence-electron chi connectivity index (χ3n) is 5.63. The average Bonchev–Trinajstić information content (AvgIpc) is 3.05. The van der Waals surface area contributed by atoms with Gasteiger partial charge in [-0.15, -0.1) is 0 Å². The third-order valence-corrected chi connectivity index (χ3v) is 5.63. The molecule has 0 bridgehead atoms. The molecular weight excluding hydrogens is 406 g/mol. The summed E-state index contributed by atoms with van der Waals surface area (Å²) in [7, 11) is 1.57. The molecule has 1 N–H and O–H groups in total. The van der Waals surface area contributed by atoms with E-state index in [9.17, 15) is 14.7 Å². The topological polar surface area (TPSA) is 76.1 Å². The molecule has 1 saturated heterocycles. The number of carbonyl (C=O) groups excluding carboxylic acids is 2. The van der Waals surface area contributed by atoms with E-state index in [-0.39, 0.29) is 11.3 Å². The van der Waals surface area contributed by atoms with Crippen LogP contribution in [0.25, 0.3) is 5.76 Å². The maximum Gasteiger partial charge on any atom is 0.295 e. The van der Waals surface area contributed by atoms with E-state index in [2.05, 4.69) is 0 Å². The van der Waals surface area contributed by atoms with Gasteiger partial charge in [0.15, 0.2) is 0 Å². The van der Waals surface area contributed by atoms with Gasteiger partial charge in [-0.25, -0.2) is 0 Å². The highest BCUT2D eigenvalue weighted by molar-refractivity contribution is 6.46. The Morgan fingerprint density at radius 3 is 2.50 bits per heavy atom. The number of ketones is 1. The van der Waals surface area contributed by atoms with Crippen LogP contribution in [0.1, 0.15) is 55.8 Å². The van der Waals surface area contributed by atoms with Crippen LogP contribution in [0.15, 0.2) is 48.0 Å². The smallest absolute Gasteiger partial charge is 0.295 e. The van der Waals surface area contributed by atoms with Gasteiger partial charge in [-0.05, 0) is 61.2 Å². The van der Waals surface area contributed by atoms with E-state index in [1.54, 1.807) is 30.2 Å². The summed E-state index contributed by atoms with van der Waals surface area (Å²) in [5.74, 6) is -0.104. The molecule has 0 spiro atoms. The van der Waals surface area contributed by atoms with Crippen molar-refractivity contribution in [2.24, 2.45) is 0 Å². The number of aryl methyl sites for hydroxylation is 1. The molecule has 2 aromatic rings. The number of amides is 1. The molecule has 3 rings (SSSR count). The minimum atomic E-state index is -0.673. The van der Waals surface area contributed by atoms with Crippen molar-refractivity contribution in [2.75, 3.05) is 20.3 Å². The minimum absolute atomic E-state index is 0.104. The van der Waals surface area contributed by atoms with Gasteiger partial charge in [0.25, 0.3) is 11.7 Å². The first-order chi connectivity index (χ1) is 15.4. The van der Waals surface area contributed by atoms with E-state index in [1.165, 1.54) is 0 Å². The number of unbranched alkanes of at least 4 members (excludes halogenated alkanes) is 1. The first-order valence-corrected chi connectivity index (χ1v) is 11.1. The number of hydrogen-bond acceptors (Lipinski definition) is 5. The molecule has 1 heterocycles. The van der Waals surface area contributed by atoms with Gasteiger partial charge in [-0.2, -0.15) is 0 Å². The summed E-state index contributed by atoms with van der Waals surface area (Å²) in [6, 6.07) is 12.0. The molecule has 170 valence electrons. The number of ether oxygens (including phenoxy) is 2. The summed E-state index contributed by atoms with van der Waals surface area (Å²) in [4.78, 5) is 27.6. The predicted octanol–water partition coefficient (Wildman–Crippen LogP) is 5.01. The van der Waals surface area contributed by atoms with Crippen molar-refractivity contribution in [1.82, 2.24) is 4.90 Å². The van der Waals surface area contributed by atoms with Crippen molar-refractivity contribution >= 4 is 17.4 Å². The van der Waals surface area contributed by atoms with Crippen molar-refractivity contribution in [2.45, 2.75) is 46.1 Å². The minimum Gasteiger partial charge on any atom is -0.507 e. The number of rotatable bonds is 9. The van der Waals surface area contributed by atoms with E-state index in [0.717, 1.165) is 30.4 Å². The fraction of sp³-hybridized carbons (Fsp3) is 0.385. The number of methoxy groups -OCH3 is 1. The highest BCUT2D eigenvalue weighted by atomic mass is 16.5. The fourth-order valence-electron chi connectivity index (χ4n) is 3.95. The lowest BCUT2D eigenvalue weighted by Gasteiger charge is -2.25. The summed E-state index contributed by atoms with van der Waals surface area (Å²) in [6.07, 6.45) is 2.51. The summed E-state index contributed by atoms with van der Waals surface area (Å²) in [6.45, 7) is 6.90. The van der Waals surface area contributed by atoms with Crippen molar-refractivity contribution in [1.29, 1.82) is 0 Å². The van der Waals surface area contributed by atoms with Crippen molar-refractivity contribution in [3.8, 4) is 11.5 Å². The largest absolute Gasteiger partial charge is 0.507 e. The van der Waals surface area contributed by atoms with Crippen LogP contribution in [-0.4, -0.2) is 42.0 Å². The molecule has 32 heavy (non-hydrogen) atoms. The summed E-state index contributed by atoms with van der Waals surface area (Å²) >= 11 is 0. The summed E-state index contributed by atoms with van der Waals surface area (Å²) in [5.41, 5.74) is 2.09. The number of likely N-dealkylation sites (tertiary alicyclic amines) is 1. The second-order valence-corrected chi connectivity index (χ2v) is 7.95. The summed E-state index contributed by atoms with van der Waals surface area (Å²) in [5, 5.41) is 11.2. The van der Waals surface area contributed by atoms with Gasteiger partial charge in [0.1, 0.15) is 17.3 Å². The molecule has 6 nitrogen and oxygen atoms in total. The molecule has 1 aliphatic rings. The van der Waals surface area contributed by atoms with Crippen molar-refractivity contribution in [3.05, 3.63) is 64.7 Å². The molecular formula is C26H31NO5. The molecule has 0 aromatic heterocycles. The Balaban J connectivity index is 2.15. The van der Waals surface area contributed by atoms with Gasteiger partial charge in [-0.3, -0.25) is 9.59 Å². The molecule has 1 aliphatic heterocycles. The maximum absolute atomic E-state index is 13.1. The van der Waals surface area contributed by atoms with Gasteiger partial charge < -0.3 is 19.5 Å². The zero-order valence-electron chi connectivity index (χ0n) is 19.2. The second-order valence-electron chi connectivity index (χ2n) is 7.95. The summed E-state index contributed by atoms with van der Waals surface area (Å²) < 4.78 is 11.0. The quantitative estimate of drug-likeness (QED) is 0.339. The second kappa shape index (κ2) is 10.4. The Kier molecular flexibility index (Phi) is 7.57. The van der Waals surface area contributed by atoms with Crippen LogP contribution in [-0.2, 0) is 9.59 Å². The maximum atomic E-state index is 13.1. The van der Waals surface area contributed by atoms with Crippen LogP contribution in [0, 0.1) is 6.92 Å².